The molecule has 1 unspecified atom stereocenters. The van der Waals surface area contributed by atoms with Gasteiger partial charge in [-0.15, -0.1) is 12.4 Å². The molecule has 0 aliphatic carbocycles. The number of rotatable bonds is 5. The molecule has 0 heterocycles. The van der Waals surface area contributed by atoms with E-state index in [2.05, 4.69) is 15.9 Å². The van der Waals surface area contributed by atoms with Gasteiger partial charge < -0.3 is 10.5 Å². The van der Waals surface area contributed by atoms with Crippen molar-refractivity contribution in [2.75, 3.05) is 20.7 Å². The monoisotopic (exact) mass is 372 g/mol. The Kier molecular flexibility index (Phi) is 7.31. The minimum Gasteiger partial charge on any atom is -0.495 e. The van der Waals surface area contributed by atoms with E-state index in [9.17, 15) is 8.42 Å². The van der Waals surface area contributed by atoms with Gasteiger partial charge in [0.15, 0.2) is 0 Å². The first-order chi connectivity index (χ1) is 8.34. The lowest BCUT2D eigenvalue weighted by atomic mass is 10.3. The number of ether oxygens (including phenoxy) is 1. The van der Waals surface area contributed by atoms with Gasteiger partial charge in [-0.2, -0.15) is 4.31 Å². The lowest BCUT2D eigenvalue weighted by molar-refractivity contribution is 0.380. The predicted octanol–water partition coefficient (Wildman–Crippen LogP) is 1.85. The first-order valence-corrected chi connectivity index (χ1v) is 7.59. The van der Waals surface area contributed by atoms with Crippen LogP contribution in [0.1, 0.15) is 6.92 Å². The van der Waals surface area contributed by atoms with Gasteiger partial charge in [0, 0.05) is 24.1 Å². The first kappa shape index (κ1) is 18.7. The Morgan fingerprint density at radius 2 is 2.05 bits per heavy atom. The summed E-state index contributed by atoms with van der Waals surface area (Å²) in [6.07, 6.45) is 0. The van der Waals surface area contributed by atoms with Crippen LogP contribution in [0.3, 0.4) is 0 Å². The molecule has 0 aliphatic rings. The fraction of sp³-hybridized carbons (Fsp3) is 0.455. The summed E-state index contributed by atoms with van der Waals surface area (Å²) >= 11 is 3.26. The maximum Gasteiger partial charge on any atom is 0.246 e. The zero-order valence-electron chi connectivity index (χ0n) is 11.0. The standard InChI is InChI=1S/C11H17BrN2O3S.ClH/c1-8(7-13)14(2)18(15,16)11-6-9(12)4-5-10(11)17-3;/h4-6,8H,7,13H2,1-3H3;1H. The molecule has 0 aliphatic heterocycles. The summed E-state index contributed by atoms with van der Waals surface area (Å²) in [5.74, 6) is 0.314. The molecule has 2 N–H and O–H groups in total. The van der Waals surface area contributed by atoms with E-state index in [-0.39, 0.29) is 29.9 Å². The number of likely N-dealkylation sites (N-methyl/N-ethyl adjacent to an activating group) is 1. The van der Waals surface area contributed by atoms with Crippen molar-refractivity contribution in [3.63, 3.8) is 0 Å². The Morgan fingerprint density at radius 3 is 2.53 bits per heavy atom. The second-order valence-electron chi connectivity index (χ2n) is 3.90. The van der Waals surface area contributed by atoms with E-state index >= 15 is 0 Å². The molecule has 0 spiro atoms. The normalized spacial score (nSPS) is 12.9. The Bertz CT molecular complexity index is 525. The second kappa shape index (κ2) is 7.44. The number of halogens is 2. The highest BCUT2D eigenvalue weighted by atomic mass is 79.9. The van der Waals surface area contributed by atoms with E-state index in [0.29, 0.717) is 10.2 Å². The van der Waals surface area contributed by atoms with Gasteiger partial charge in [-0.3, -0.25) is 0 Å². The summed E-state index contributed by atoms with van der Waals surface area (Å²) in [5, 5.41) is 0. The molecular formula is C11H18BrClN2O3S. The quantitative estimate of drug-likeness (QED) is 0.855. The lowest BCUT2D eigenvalue weighted by Crippen LogP contribution is -2.39. The minimum atomic E-state index is -3.62. The highest BCUT2D eigenvalue weighted by Gasteiger charge is 2.27. The molecule has 5 nitrogen and oxygen atoms in total. The SMILES string of the molecule is COc1ccc(Br)cc1S(=O)(=O)N(C)C(C)CN.Cl. The first-order valence-electron chi connectivity index (χ1n) is 5.36. The molecule has 1 atom stereocenters. The molecule has 19 heavy (non-hydrogen) atoms. The molecule has 0 radical (unpaired) electrons. The zero-order chi connectivity index (χ0) is 13.9. The van der Waals surface area contributed by atoms with Gasteiger partial charge in [0.25, 0.3) is 0 Å². The van der Waals surface area contributed by atoms with Gasteiger partial charge in [0.05, 0.1) is 7.11 Å². The number of benzene rings is 1. The summed E-state index contributed by atoms with van der Waals surface area (Å²) in [5.41, 5.74) is 5.50. The molecule has 0 saturated heterocycles. The molecule has 0 amide bonds. The molecule has 0 saturated carbocycles. The number of hydrogen-bond donors (Lipinski definition) is 1. The molecule has 0 fully saturated rings. The number of sulfonamides is 1. The van der Waals surface area contributed by atoms with Crippen molar-refractivity contribution in [2.24, 2.45) is 5.73 Å². The summed E-state index contributed by atoms with van der Waals surface area (Å²) in [6.45, 7) is 2.01. The molecule has 1 aromatic carbocycles. The van der Waals surface area contributed by atoms with Crippen LogP contribution in [-0.4, -0.2) is 39.5 Å². The van der Waals surface area contributed by atoms with Crippen LogP contribution in [0.4, 0.5) is 0 Å². The van der Waals surface area contributed by atoms with Gasteiger partial charge in [0.2, 0.25) is 10.0 Å². The van der Waals surface area contributed by atoms with Crippen molar-refractivity contribution in [3.8, 4) is 5.75 Å². The molecule has 0 bridgehead atoms. The summed E-state index contributed by atoms with van der Waals surface area (Å²) < 4.78 is 31.9. The Balaban J connectivity index is 0.00000324. The molecule has 110 valence electrons. The predicted molar refractivity (Wildman–Crippen MR) is 81.4 cm³/mol. The average molecular weight is 374 g/mol. The van der Waals surface area contributed by atoms with Crippen LogP contribution < -0.4 is 10.5 Å². The van der Waals surface area contributed by atoms with Crippen molar-refractivity contribution in [1.82, 2.24) is 4.31 Å². The summed E-state index contributed by atoms with van der Waals surface area (Å²) in [6, 6.07) is 4.58. The third kappa shape index (κ3) is 4.06. The fourth-order valence-electron chi connectivity index (χ4n) is 1.39. The second-order valence-corrected chi connectivity index (χ2v) is 6.78. The molecular weight excluding hydrogens is 356 g/mol. The lowest BCUT2D eigenvalue weighted by Gasteiger charge is -2.24. The van der Waals surface area contributed by atoms with E-state index in [0.717, 1.165) is 0 Å². The largest absolute Gasteiger partial charge is 0.495 e. The Morgan fingerprint density at radius 1 is 1.47 bits per heavy atom. The van der Waals surface area contributed by atoms with Crippen molar-refractivity contribution in [2.45, 2.75) is 17.9 Å². The van der Waals surface area contributed by atoms with Crippen molar-refractivity contribution in [3.05, 3.63) is 22.7 Å². The van der Waals surface area contributed by atoms with E-state index in [1.807, 2.05) is 0 Å². The number of nitrogens with two attached hydrogens (primary N) is 1. The highest BCUT2D eigenvalue weighted by molar-refractivity contribution is 9.10. The zero-order valence-corrected chi connectivity index (χ0v) is 14.2. The van der Waals surface area contributed by atoms with Crippen LogP contribution in [0.2, 0.25) is 0 Å². The third-order valence-corrected chi connectivity index (χ3v) is 5.23. The van der Waals surface area contributed by atoms with Crippen LogP contribution in [0.15, 0.2) is 27.6 Å². The number of hydrogen-bond acceptors (Lipinski definition) is 4. The van der Waals surface area contributed by atoms with Crippen LogP contribution in [0.25, 0.3) is 0 Å². The van der Waals surface area contributed by atoms with Crippen molar-refractivity contribution >= 4 is 38.4 Å². The van der Waals surface area contributed by atoms with Gasteiger partial charge in [0.1, 0.15) is 10.6 Å². The summed E-state index contributed by atoms with van der Waals surface area (Å²) in [7, 11) is -0.671. The van der Waals surface area contributed by atoms with Crippen LogP contribution in [0.5, 0.6) is 5.75 Å². The molecule has 1 aromatic rings. The van der Waals surface area contributed by atoms with Gasteiger partial charge >= 0.3 is 0 Å². The third-order valence-electron chi connectivity index (χ3n) is 2.74. The van der Waals surface area contributed by atoms with E-state index < -0.39 is 10.0 Å². The van der Waals surface area contributed by atoms with E-state index in [4.69, 9.17) is 10.5 Å². The van der Waals surface area contributed by atoms with E-state index in [1.165, 1.54) is 24.5 Å². The average Bonchev–Trinajstić information content (AvgIpc) is 2.36. The minimum absolute atomic E-state index is 0. The number of nitrogens with zero attached hydrogens (tertiary/aromatic N) is 1. The van der Waals surface area contributed by atoms with E-state index in [1.54, 1.807) is 19.1 Å². The van der Waals surface area contributed by atoms with Gasteiger partial charge in [-0.1, -0.05) is 15.9 Å². The van der Waals surface area contributed by atoms with Gasteiger partial charge in [-0.05, 0) is 25.1 Å². The molecule has 0 aromatic heterocycles. The smallest absolute Gasteiger partial charge is 0.246 e. The van der Waals surface area contributed by atoms with Crippen LogP contribution >= 0.6 is 28.3 Å². The Labute approximate surface area is 128 Å². The highest BCUT2D eigenvalue weighted by Crippen LogP contribution is 2.29. The molecule has 8 heteroatoms. The topological polar surface area (TPSA) is 72.6 Å². The van der Waals surface area contributed by atoms with Gasteiger partial charge in [-0.25, -0.2) is 8.42 Å². The van der Waals surface area contributed by atoms with Crippen LogP contribution in [0, 0.1) is 0 Å². The van der Waals surface area contributed by atoms with Crippen LogP contribution in [-0.2, 0) is 10.0 Å². The summed E-state index contributed by atoms with van der Waals surface area (Å²) in [4.78, 5) is 0.127. The molecule has 1 rings (SSSR count). The Hall–Kier alpha value is -0.340. The maximum atomic E-state index is 12.4. The van der Waals surface area contributed by atoms with Crippen molar-refractivity contribution < 1.29 is 13.2 Å². The fourth-order valence-corrected chi connectivity index (χ4v) is 3.46. The number of methoxy groups -OCH3 is 1. The van der Waals surface area contributed by atoms with Crippen molar-refractivity contribution in [1.29, 1.82) is 0 Å². The maximum absolute atomic E-state index is 12.4.